The third kappa shape index (κ3) is 2.65. The van der Waals surface area contributed by atoms with Gasteiger partial charge in [0.05, 0.1) is 6.07 Å². The Bertz CT molecular complexity index is 289. The fraction of sp³-hybridized carbons (Fsp3) is 0.750. The van der Waals surface area contributed by atoms with Gasteiger partial charge in [0, 0.05) is 12.5 Å². The smallest absolute Gasteiger partial charge is 0.115 e. The average molecular weight is 253 g/mol. The molecule has 0 saturated carbocycles. The summed E-state index contributed by atoms with van der Waals surface area (Å²) in [6, 6.07) is 5.61. The highest BCUT2D eigenvalue weighted by atomic mass is 28.4. The van der Waals surface area contributed by atoms with Crippen LogP contribution in [0.1, 0.15) is 12.8 Å². The zero-order valence-electron chi connectivity index (χ0n) is 11.1. The van der Waals surface area contributed by atoms with E-state index in [-0.39, 0.29) is 0 Å². The van der Waals surface area contributed by atoms with Crippen molar-refractivity contribution in [1.29, 1.82) is 5.26 Å². The van der Waals surface area contributed by atoms with Crippen LogP contribution in [-0.2, 0) is 0 Å². The van der Waals surface area contributed by atoms with E-state index in [9.17, 15) is 0 Å². The molecule has 0 amide bonds. The van der Waals surface area contributed by atoms with Crippen LogP contribution in [0.2, 0.25) is 38.3 Å². The molecule has 0 spiro atoms. The van der Waals surface area contributed by atoms with E-state index >= 15 is 0 Å². The molecule has 1 unspecified atom stereocenters. The summed E-state index contributed by atoms with van der Waals surface area (Å²) in [5.74, 6) is 0. The predicted molar refractivity (Wildman–Crippen MR) is 75.2 cm³/mol. The molecule has 0 aromatic heterocycles. The highest BCUT2D eigenvalue weighted by Crippen LogP contribution is 2.39. The van der Waals surface area contributed by atoms with Crippen molar-refractivity contribution in [2.45, 2.75) is 57.2 Å². The first-order valence-corrected chi connectivity index (χ1v) is 12.4. The Morgan fingerprint density at radius 2 is 1.81 bits per heavy atom. The van der Waals surface area contributed by atoms with Crippen LogP contribution in [0.3, 0.4) is 0 Å². The predicted octanol–water partition coefficient (Wildman–Crippen LogP) is 3.57. The van der Waals surface area contributed by atoms with Crippen molar-refractivity contribution in [1.82, 2.24) is 4.23 Å². The molecule has 1 atom stereocenters. The van der Waals surface area contributed by atoms with E-state index in [2.05, 4.69) is 43.1 Å². The second kappa shape index (κ2) is 4.86. The normalized spacial score (nSPS) is 24.9. The molecule has 90 valence electrons. The Balaban J connectivity index is 2.96. The van der Waals surface area contributed by atoms with E-state index in [0.717, 1.165) is 6.42 Å². The highest BCUT2D eigenvalue weighted by molar-refractivity contribution is 6.95. The van der Waals surface area contributed by atoms with Gasteiger partial charge in [-0.1, -0.05) is 32.3 Å². The van der Waals surface area contributed by atoms with Crippen LogP contribution in [-0.4, -0.2) is 26.7 Å². The zero-order valence-corrected chi connectivity index (χ0v) is 13.1. The first kappa shape index (κ1) is 13.7. The lowest BCUT2D eigenvalue weighted by atomic mass is 10.2. The van der Waals surface area contributed by atoms with Gasteiger partial charge in [-0.2, -0.15) is 5.26 Å². The van der Waals surface area contributed by atoms with Crippen molar-refractivity contribution in [2.24, 2.45) is 0 Å². The van der Waals surface area contributed by atoms with E-state index in [4.69, 9.17) is 5.26 Å². The van der Waals surface area contributed by atoms with Gasteiger partial charge < -0.3 is 4.23 Å². The van der Waals surface area contributed by atoms with Crippen molar-refractivity contribution < 1.29 is 0 Å². The van der Waals surface area contributed by atoms with Gasteiger partial charge in [-0.3, -0.25) is 0 Å². The number of rotatable bonds is 4. The second-order valence-electron chi connectivity index (χ2n) is 6.04. The standard InChI is InChI=1S/C12H24N2Si2/c1-6-7-12(8-9-13)14-15(2,3)10-11-16(14,4)5/h6,12H,1,7-8,10-11H2,2-5H3. The SMILES string of the molecule is C=CCC(CC#N)N1[Si](C)(C)CC[Si]1(C)C. The van der Waals surface area contributed by atoms with Gasteiger partial charge in [-0.25, -0.2) is 0 Å². The monoisotopic (exact) mass is 252 g/mol. The molecule has 0 aliphatic carbocycles. The molecule has 1 aliphatic heterocycles. The van der Waals surface area contributed by atoms with E-state index in [0.29, 0.717) is 12.5 Å². The van der Waals surface area contributed by atoms with Gasteiger partial charge in [-0.15, -0.1) is 6.58 Å². The largest absolute Gasteiger partial charge is 0.342 e. The molecule has 1 fully saturated rings. The van der Waals surface area contributed by atoms with E-state index in [1.54, 1.807) is 0 Å². The van der Waals surface area contributed by atoms with Crippen molar-refractivity contribution in [2.75, 3.05) is 0 Å². The van der Waals surface area contributed by atoms with Crippen molar-refractivity contribution in [3.05, 3.63) is 12.7 Å². The second-order valence-corrected chi connectivity index (χ2v) is 15.7. The molecule has 1 rings (SSSR count). The van der Waals surface area contributed by atoms with Gasteiger partial charge >= 0.3 is 0 Å². The first-order valence-electron chi connectivity index (χ1n) is 6.12. The van der Waals surface area contributed by atoms with Crippen molar-refractivity contribution in [3.8, 4) is 6.07 Å². The van der Waals surface area contributed by atoms with E-state index < -0.39 is 16.5 Å². The Hall–Kier alpha value is -0.376. The summed E-state index contributed by atoms with van der Waals surface area (Å²) in [6.45, 7) is 13.7. The maximum Gasteiger partial charge on any atom is 0.115 e. The van der Waals surface area contributed by atoms with Crippen molar-refractivity contribution >= 4 is 16.5 Å². The number of hydrogen-bond acceptors (Lipinski definition) is 2. The Morgan fingerprint density at radius 1 is 1.31 bits per heavy atom. The highest BCUT2D eigenvalue weighted by Gasteiger charge is 2.49. The summed E-state index contributed by atoms with van der Waals surface area (Å²) in [7, 11) is -2.49. The summed E-state index contributed by atoms with van der Waals surface area (Å²) in [6.07, 6.45) is 3.62. The summed E-state index contributed by atoms with van der Waals surface area (Å²) >= 11 is 0. The van der Waals surface area contributed by atoms with Gasteiger partial charge in [0.25, 0.3) is 0 Å². The zero-order chi connectivity index (χ0) is 12.4. The van der Waals surface area contributed by atoms with Gasteiger partial charge in [0.2, 0.25) is 0 Å². The van der Waals surface area contributed by atoms with Crippen LogP contribution in [0.4, 0.5) is 0 Å². The maximum absolute atomic E-state index is 8.98. The molecule has 4 heteroatoms. The molecule has 0 aromatic rings. The minimum Gasteiger partial charge on any atom is -0.342 e. The van der Waals surface area contributed by atoms with Crippen LogP contribution in [0.25, 0.3) is 0 Å². The van der Waals surface area contributed by atoms with E-state index in [1.807, 2.05) is 6.08 Å². The Kier molecular flexibility index (Phi) is 4.16. The Labute approximate surface area is 102 Å². The lowest BCUT2D eigenvalue weighted by Crippen LogP contribution is -2.59. The lowest BCUT2D eigenvalue weighted by molar-refractivity contribution is 0.455. The van der Waals surface area contributed by atoms with E-state index in [1.165, 1.54) is 12.1 Å². The summed E-state index contributed by atoms with van der Waals surface area (Å²) in [4.78, 5) is 0. The Morgan fingerprint density at radius 3 is 2.19 bits per heavy atom. The minimum atomic E-state index is -1.25. The molecule has 0 radical (unpaired) electrons. The first-order chi connectivity index (χ1) is 7.35. The summed E-state index contributed by atoms with van der Waals surface area (Å²) in [5, 5.41) is 8.98. The van der Waals surface area contributed by atoms with Crippen LogP contribution >= 0.6 is 0 Å². The van der Waals surface area contributed by atoms with Gasteiger partial charge in [-0.05, 0) is 18.5 Å². The molecular weight excluding hydrogens is 228 g/mol. The van der Waals surface area contributed by atoms with Crippen LogP contribution in [0, 0.1) is 11.3 Å². The fourth-order valence-electron chi connectivity index (χ4n) is 3.24. The molecule has 16 heavy (non-hydrogen) atoms. The number of nitriles is 1. The van der Waals surface area contributed by atoms with Gasteiger partial charge in [0.1, 0.15) is 16.5 Å². The molecule has 0 aromatic carbocycles. The molecule has 1 saturated heterocycles. The molecule has 1 aliphatic rings. The topological polar surface area (TPSA) is 27.0 Å². The molecule has 1 heterocycles. The third-order valence-corrected chi connectivity index (χ3v) is 14.2. The fourth-order valence-corrected chi connectivity index (χ4v) is 18.2. The summed E-state index contributed by atoms with van der Waals surface area (Å²) in [5.41, 5.74) is 0. The van der Waals surface area contributed by atoms with Gasteiger partial charge in [0.15, 0.2) is 0 Å². The molecular formula is C12H24N2Si2. The number of hydrogen-bond donors (Lipinski definition) is 0. The average Bonchev–Trinajstić information content (AvgIpc) is 2.36. The van der Waals surface area contributed by atoms with Crippen LogP contribution < -0.4 is 0 Å². The third-order valence-electron chi connectivity index (χ3n) is 3.78. The van der Waals surface area contributed by atoms with Crippen LogP contribution in [0.5, 0.6) is 0 Å². The molecule has 2 nitrogen and oxygen atoms in total. The van der Waals surface area contributed by atoms with Crippen LogP contribution in [0.15, 0.2) is 12.7 Å². The minimum absolute atomic E-state index is 0.438. The summed E-state index contributed by atoms with van der Waals surface area (Å²) < 4.78 is 2.81. The number of nitrogens with zero attached hydrogens (tertiary/aromatic N) is 2. The lowest BCUT2D eigenvalue weighted by Gasteiger charge is -2.44. The molecule has 0 bridgehead atoms. The molecule has 0 N–H and O–H groups in total. The van der Waals surface area contributed by atoms with Crippen molar-refractivity contribution in [3.63, 3.8) is 0 Å². The maximum atomic E-state index is 8.98. The quantitative estimate of drug-likeness (QED) is 0.565.